The largest absolute Gasteiger partial charge is 0.313 e. The summed E-state index contributed by atoms with van der Waals surface area (Å²) in [5.41, 5.74) is 0. The van der Waals surface area contributed by atoms with Crippen molar-refractivity contribution >= 4 is 0 Å². The Morgan fingerprint density at radius 2 is 2.12 bits per heavy atom. The van der Waals surface area contributed by atoms with Gasteiger partial charge in [-0.3, -0.25) is 4.90 Å². The lowest BCUT2D eigenvalue weighted by molar-refractivity contribution is 0.214. The van der Waals surface area contributed by atoms with Gasteiger partial charge in [0.1, 0.15) is 0 Å². The van der Waals surface area contributed by atoms with E-state index in [1.165, 1.54) is 45.2 Å². The van der Waals surface area contributed by atoms with Gasteiger partial charge in [0.25, 0.3) is 0 Å². The van der Waals surface area contributed by atoms with Gasteiger partial charge >= 0.3 is 0 Å². The maximum Gasteiger partial charge on any atom is 0.0622 e. The van der Waals surface area contributed by atoms with Crippen LogP contribution in [0.1, 0.15) is 44.9 Å². The first-order chi connectivity index (χ1) is 7.90. The fraction of sp³-hybridized carbons (Fsp3) is 0.923. The summed E-state index contributed by atoms with van der Waals surface area (Å²) in [6.07, 6.45) is 8.56. The summed E-state index contributed by atoms with van der Waals surface area (Å²) in [7, 11) is 0. The molecule has 2 fully saturated rings. The van der Waals surface area contributed by atoms with Crippen molar-refractivity contribution in [1.29, 1.82) is 5.26 Å². The Hall–Kier alpha value is -0.590. The lowest BCUT2D eigenvalue weighted by atomic mass is 10.0. The van der Waals surface area contributed by atoms with Crippen LogP contribution in [0.5, 0.6) is 0 Å². The molecular weight excluding hydrogens is 198 g/mol. The van der Waals surface area contributed by atoms with E-state index in [9.17, 15) is 0 Å². The Balaban J connectivity index is 1.71. The fourth-order valence-corrected chi connectivity index (χ4v) is 2.59. The number of nitriles is 1. The summed E-state index contributed by atoms with van der Waals surface area (Å²) in [6, 6.07) is 3.78. The van der Waals surface area contributed by atoms with Crippen LogP contribution in [-0.2, 0) is 0 Å². The van der Waals surface area contributed by atoms with Crippen LogP contribution in [-0.4, -0.2) is 36.6 Å². The number of unbranched alkanes of at least 4 members (excludes halogenated alkanes) is 1. The zero-order valence-corrected chi connectivity index (χ0v) is 10.1. The van der Waals surface area contributed by atoms with E-state index in [0.29, 0.717) is 12.5 Å². The zero-order chi connectivity index (χ0) is 11.2. The molecule has 1 heterocycles. The van der Waals surface area contributed by atoms with Gasteiger partial charge in [0.2, 0.25) is 0 Å². The van der Waals surface area contributed by atoms with Crippen LogP contribution in [0.2, 0.25) is 0 Å². The van der Waals surface area contributed by atoms with Crippen LogP contribution in [0.4, 0.5) is 0 Å². The molecule has 1 unspecified atom stereocenters. The van der Waals surface area contributed by atoms with Gasteiger partial charge in [0.05, 0.1) is 6.07 Å². The Morgan fingerprint density at radius 3 is 2.75 bits per heavy atom. The average molecular weight is 221 g/mol. The Labute approximate surface area is 98.8 Å². The summed E-state index contributed by atoms with van der Waals surface area (Å²) >= 11 is 0. The third-order valence-corrected chi connectivity index (χ3v) is 3.66. The van der Waals surface area contributed by atoms with Gasteiger partial charge in [-0.1, -0.05) is 6.42 Å². The van der Waals surface area contributed by atoms with Crippen molar-refractivity contribution in [2.24, 2.45) is 0 Å². The molecule has 0 bridgehead atoms. The standard InChI is InChI=1S/C13H23N3/c14-8-2-4-10-16(13-6-7-13)11-12-5-1-3-9-15-12/h12-13,15H,1-7,9-11H2. The first-order valence-corrected chi connectivity index (χ1v) is 6.74. The molecular formula is C13H23N3. The molecule has 2 rings (SSSR count). The highest BCUT2D eigenvalue weighted by molar-refractivity contribution is 4.88. The third-order valence-electron chi connectivity index (χ3n) is 3.66. The van der Waals surface area contributed by atoms with E-state index in [1.807, 2.05) is 0 Å². The van der Waals surface area contributed by atoms with Crippen LogP contribution < -0.4 is 5.32 Å². The highest BCUT2D eigenvalue weighted by Gasteiger charge is 2.30. The number of piperidine rings is 1. The molecule has 2 aliphatic rings. The third kappa shape index (κ3) is 3.77. The van der Waals surface area contributed by atoms with Gasteiger partial charge in [0, 0.05) is 25.0 Å². The predicted octanol–water partition coefficient (Wildman–Crippen LogP) is 1.90. The Bertz CT molecular complexity index is 236. The van der Waals surface area contributed by atoms with Crippen molar-refractivity contribution in [2.45, 2.75) is 57.0 Å². The van der Waals surface area contributed by atoms with Crippen molar-refractivity contribution in [1.82, 2.24) is 10.2 Å². The second-order valence-electron chi connectivity index (χ2n) is 5.13. The molecule has 1 atom stereocenters. The van der Waals surface area contributed by atoms with Gasteiger partial charge in [-0.25, -0.2) is 0 Å². The Kier molecular flexibility index (Phi) is 4.62. The molecule has 0 spiro atoms. The van der Waals surface area contributed by atoms with Gasteiger partial charge in [-0.05, 0) is 45.2 Å². The minimum Gasteiger partial charge on any atom is -0.313 e. The van der Waals surface area contributed by atoms with Crippen molar-refractivity contribution in [2.75, 3.05) is 19.6 Å². The molecule has 0 aromatic heterocycles. The smallest absolute Gasteiger partial charge is 0.0622 e. The molecule has 3 heteroatoms. The van der Waals surface area contributed by atoms with Crippen LogP contribution in [0.15, 0.2) is 0 Å². The number of nitrogens with zero attached hydrogens (tertiary/aromatic N) is 2. The highest BCUT2D eigenvalue weighted by atomic mass is 15.2. The van der Waals surface area contributed by atoms with Gasteiger partial charge in [0.15, 0.2) is 0 Å². The highest BCUT2D eigenvalue weighted by Crippen LogP contribution is 2.27. The Morgan fingerprint density at radius 1 is 1.25 bits per heavy atom. The zero-order valence-electron chi connectivity index (χ0n) is 10.1. The molecule has 1 aliphatic heterocycles. The minimum absolute atomic E-state index is 0.705. The van der Waals surface area contributed by atoms with Gasteiger partial charge < -0.3 is 5.32 Å². The summed E-state index contributed by atoms with van der Waals surface area (Å²) < 4.78 is 0. The minimum atomic E-state index is 0.705. The summed E-state index contributed by atoms with van der Waals surface area (Å²) in [6.45, 7) is 3.52. The van der Waals surface area contributed by atoms with E-state index >= 15 is 0 Å². The quantitative estimate of drug-likeness (QED) is 0.696. The fourth-order valence-electron chi connectivity index (χ4n) is 2.59. The SMILES string of the molecule is N#CCCCN(CC1CCCCN1)C1CC1. The number of nitrogens with one attached hydrogen (secondary N) is 1. The summed E-state index contributed by atoms with van der Waals surface area (Å²) in [5, 5.41) is 12.2. The number of rotatable bonds is 6. The first kappa shape index (κ1) is 11.9. The molecule has 16 heavy (non-hydrogen) atoms. The van der Waals surface area contributed by atoms with E-state index < -0.39 is 0 Å². The summed E-state index contributed by atoms with van der Waals surface area (Å²) in [4.78, 5) is 2.61. The van der Waals surface area contributed by atoms with Crippen molar-refractivity contribution < 1.29 is 0 Å². The van der Waals surface area contributed by atoms with Crippen molar-refractivity contribution in [3.8, 4) is 6.07 Å². The van der Waals surface area contributed by atoms with Crippen LogP contribution in [0.25, 0.3) is 0 Å². The van der Waals surface area contributed by atoms with E-state index in [-0.39, 0.29) is 0 Å². The van der Waals surface area contributed by atoms with Gasteiger partial charge in [-0.15, -0.1) is 0 Å². The molecule has 90 valence electrons. The molecule has 0 amide bonds. The topological polar surface area (TPSA) is 39.1 Å². The van der Waals surface area contributed by atoms with Crippen LogP contribution in [0, 0.1) is 11.3 Å². The molecule has 1 saturated heterocycles. The molecule has 1 saturated carbocycles. The maximum absolute atomic E-state index is 8.57. The molecule has 0 radical (unpaired) electrons. The predicted molar refractivity (Wildman–Crippen MR) is 65.1 cm³/mol. The second kappa shape index (κ2) is 6.22. The number of hydrogen-bond acceptors (Lipinski definition) is 3. The van der Waals surface area contributed by atoms with Crippen LogP contribution in [0.3, 0.4) is 0 Å². The molecule has 0 aromatic carbocycles. The van der Waals surface area contributed by atoms with Crippen molar-refractivity contribution in [3.05, 3.63) is 0 Å². The van der Waals surface area contributed by atoms with E-state index in [4.69, 9.17) is 5.26 Å². The van der Waals surface area contributed by atoms with Crippen molar-refractivity contribution in [3.63, 3.8) is 0 Å². The normalized spacial score (nSPS) is 25.6. The van der Waals surface area contributed by atoms with E-state index in [0.717, 1.165) is 19.0 Å². The lowest BCUT2D eigenvalue weighted by Gasteiger charge is -2.30. The van der Waals surface area contributed by atoms with E-state index in [2.05, 4.69) is 16.3 Å². The number of hydrogen-bond donors (Lipinski definition) is 1. The molecule has 3 nitrogen and oxygen atoms in total. The molecule has 1 N–H and O–H groups in total. The monoisotopic (exact) mass is 221 g/mol. The van der Waals surface area contributed by atoms with Gasteiger partial charge in [-0.2, -0.15) is 5.26 Å². The summed E-state index contributed by atoms with van der Waals surface area (Å²) in [5.74, 6) is 0. The van der Waals surface area contributed by atoms with Crippen LogP contribution >= 0.6 is 0 Å². The molecule has 0 aromatic rings. The first-order valence-electron chi connectivity index (χ1n) is 6.74. The van der Waals surface area contributed by atoms with E-state index in [1.54, 1.807) is 0 Å². The lowest BCUT2D eigenvalue weighted by Crippen LogP contribution is -2.44. The second-order valence-corrected chi connectivity index (χ2v) is 5.13. The maximum atomic E-state index is 8.57. The average Bonchev–Trinajstić information content (AvgIpc) is 3.13. The molecule has 1 aliphatic carbocycles.